The molecule has 0 aliphatic carbocycles. The Balaban J connectivity index is 0.00000392. The summed E-state index contributed by atoms with van der Waals surface area (Å²) >= 11 is 5.83. The van der Waals surface area contributed by atoms with Crippen LogP contribution in [-0.4, -0.2) is 35.4 Å². The molecule has 1 unspecified atom stereocenters. The van der Waals surface area contributed by atoms with E-state index in [1.807, 2.05) is 6.92 Å². The van der Waals surface area contributed by atoms with Crippen molar-refractivity contribution >= 4 is 41.5 Å². The molecule has 1 aromatic carbocycles. The number of nitrogens with one attached hydrogen (secondary N) is 2. The number of aromatic nitrogens is 2. The molecule has 28 heavy (non-hydrogen) atoms. The van der Waals surface area contributed by atoms with E-state index >= 15 is 0 Å². The standard InChI is InChI=1S/C17H21ClF3N5O.HI/c1-11(27-14-6-4-13(18)5-7-14)8-23-16(22-2)24-9-12-10-26(3)25-15(12)17(19,20)21;/h4-7,10-11H,8-9H2,1-3H3,(H2,22,23,24);1H. The Kier molecular flexibility index (Phi) is 9.34. The normalized spacial score (nSPS) is 12.9. The summed E-state index contributed by atoms with van der Waals surface area (Å²) < 4.78 is 45.8. The van der Waals surface area contributed by atoms with Gasteiger partial charge in [-0.1, -0.05) is 11.6 Å². The molecule has 2 rings (SSSR count). The fourth-order valence-corrected chi connectivity index (χ4v) is 2.46. The summed E-state index contributed by atoms with van der Waals surface area (Å²) in [6.07, 6.45) is -3.38. The maximum Gasteiger partial charge on any atom is 0.435 e. The summed E-state index contributed by atoms with van der Waals surface area (Å²) in [5, 5.41) is 9.96. The number of aryl methyl sites for hydroxylation is 1. The minimum absolute atomic E-state index is 0. The third-order valence-corrected chi connectivity index (χ3v) is 3.80. The fourth-order valence-electron chi connectivity index (χ4n) is 2.33. The van der Waals surface area contributed by atoms with Crippen LogP contribution < -0.4 is 15.4 Å². The molecule has 1 aromatic heterocycles. The maximum atomic E-state index is 13.0. The Bertz CT molecular complexity index is 780. The van der Waals surface area contributed by atoms with Gasteiger partial charge in [-0.3, -0.25) is 9.67 Å². The number of rotatable bonds is 6. The lowest BCUT2D eigenvalue weighted by Crippen LogP contribution is -2.41. The number of benzene rings is 1. The monoisotopic (exact) mass is 531 g/mol. The first-order valence-electron chi connectivity index (χ1n) is 8.15. The van der Waals surface area contributed by atoms with E-state index in [4.69, 9.17) is 16.3 Å². The number of guanidine groups is 1. The molecule has 2 N–H and O–H groups in total. The molecule has 0 fully saturated rings. The Morgan fingerprint density at radius 3 is 2.50 bits per heavy atom. The van der Waals surface area contributed by atoms with Gasteiger partial charge in [0.2, 0.25) is 0 Å². The highest BCUT2D eigenvalue weighted by molar-refractivity contribution is 14.0. The van der Waals surface area contributed by atoms with Crippen LogP contribution in [0.3, 0.4) is 0 Å². The Morgan fingerprint density at radius 1 is 1.29 bits per heavy atom. The van der Waals surface area contributed by atoms with Crippen molar-refractivity contribution in [1.82, 2.24) is 20.4 Å². The third kappa shape index (κ3) is 7.38. The van der Waals surface area contributed by atoms with E-state index in [-0.39, 0.29) is 42.2 Å². The first-order valence-corrected chi connectivity index (χ1v) is 8.53. The molecule has 0 radical (unpaired) electrons. The summed E-state index contributed by atoms with van der Waals surface area (Å²) in [4.78, 5) is 4.01. The summed E-state index contributed by atoms with van der Waals surface area (Å²) in [7, 11) is 2.98. The van der Waals surface area contributed by atoms with E-state index in [1.54, 1.807) is 24.3 Å². The Morgan fingerprint density at radius 2 is 1.93 bits per heavy atom. The van der Waals surface area contributed by atoms with Gasteiger partial charge in [0.15, 0.2) is 11.7 Å². The lowest BCUT2D eigenvalue weighted by molar-refractivity contribution is -0.142. The van der Waals surface area contributed by atoms with Crippen molar-refractivity contribution in [1.29, 1.82) is 0 Å². The summed E-state index contributed by atoms with van der Waals surface area (Å²) in [5.41, 5.74) is -0.870. The van der Waals surface area contributed by atoms with Crippen molar-refractivity contribution in [2.75, 3.05) is 13.6 Å². The molecule has 6 nitrogen and oxygen atoms in total. The van der Waals surface area contributed by atoms with Crippen molar-refractivity contribution < 1.29 is 17.9 Å². The van der Waals surface area contributed by atoms with Crippen LogP contribution in [0.1, 0.15) is 18.2 Å². The van der Waals surface area contributed by atoms with Gasteiger partial charge in [0, 0.05) is 37.4 Å². The molecule has 0 spiro atoms. The number of ether oxygens (including phenoxy) is 1. The molecule has 1 atom stereocenters. The summed E-state index contributed by atoms with van der Waals surface area (Å²) in [6.45, 7) is 2.20. The first kappa shape index (κ1) is 24.3. The maximum absolute atomic E-state index is 13.0. The lowest BCUT2D eigenvalue weighted by Gasteiger charge is -2.18. The van der Waals surface area contributed by atoms with Gasteiger partial charge >= 0.3 is 6.18 Å². The second-order valence-corrected chi connectivity index (χ2v) is 6.30. The highest BCUT2D eigenvalue weighted by atomic mass is 127. The third-order valence-electron chi connectivity index (χ3n) is 3.55. The second-order valence-electron chi connectivity index (χ2n) is 5.86. The number of alkyl halides is 3. The van der Waals surface area contributed by atoms with Crippen molar-refractivity contribution in [3.8, 4) is 5.75 Å². The molecule has 2 aromatic rings. The highest BCUT2D eigenvalue weighted by Crippen LogP contribution is 2.30. The van der Waals surface area contributed by atoms with E-state index in [2.05, 4.69) is 20.7 Å². The minimum Gasteiger partial charge on any atom is -0.489 e. The topological polar surface area (TPSA) is 63.5 Å². The van der Waals surface area contributed by atoms with Crippen LogP contribution in [0, 0.1) is 0 Å². The molecule has 0 amide bonds. The quantitative estimate of drug-likeness (QED) is 0.338. The van der Waals surface area contributed by atoms with Crippen LogP contribution in [0.25, 0.3) is 0 Å². The average molecular weight is 532 g/mol. The molecule has 0 bridgehead atoms. The van der Waals surface area contributed by atoms with Gasteiger partial charge in [-0.2, -0.15) is 18.3 Å². The number of hydrogen-bond donors (Lipinski definition) is 2. The number of halogens is 5. The lowest BCUT2D eigenvalue weighted by atomic mass is 10.2. The van der Waals surface area contributed by atoms with Crippen LogP contribution in [0.2, 0.25) is 5.02 Å². The predicted molar refractivity (Wildman–Crippen MR) is 113 cm³/mol. The molecule has 0 saturated heterocycles. The van der Waals surface area contributed by atoms with E-state index in [0.29, 0.717) is 23.3 Å². The number of nitrogens with zero attached hydrogens (tertiary/aromatic N) is 3. The van der Waals surface area contributed by atoms with Gasteiger partial charge in [0.25, 0.3) is 0 Å². The average Bonchev–Trinajstić information content (AvgIpc) is 2.98. The van der Waals surface area contributed by atoms with Gasteiger partial charge in [-0.25, -0.2) is 0 Å². The SMILES string of the molecule is CN=C(NCc1cn(C)nc1C(F)(F)F)NCC(C)Oc1ccc(Cl)cc1.I. The molecular weight excluding hydrogens is 510 g/mol. The number of aliphatic imine (C=N–C) groups is 1. The summed E-state index contributed by atoms with van der Waals surface area (Å²) in [5.74, 6) is 1.03. The minimum atomic E-state index is -4.50. The van der Waals surface area contributed by atoms with Crippen molar-refractivity contribution in [3.05, 3.63) is 46.7 Å². The van der Waals surface area contributed by atoms with Gasteiger partial charge in [-0.15, -0.1) is 24.0 Å². The molecule has 0 saturated carbocycles. The zero-order valence-corrected chi connectivity index (χ0v) is 18.6. The van der Waals surface area contributed by atoms with E-state index < -0.39 is 11.9 Å². The van der Waals surface area contributed by atoms with Gasteiger partial charge in [-0.05, 0) is 31.2 Å². The van der Waals surface area contributed by atoms with Gasteiger partial charge in [0.1, 0.15) is 11.9 Å². The molecule has 0 aliphatic rings. The van der Waals surface area contributed by atoms with Crippen LogP contribution >= 0.6 is 35.6 Å². The predicted octanol–water partition coefficient (Wildman–Crippen LogP) is 3.84. The molecule has 156 valence electrons. The van der Waals surface area contributed by atoms with Crippen molar-refractivity contribution in [2.45, 2.75) is 25.7 Å². The fraction of sp³-hybridized carbons (Fsp3) is 0.412. The molecular formula is C17H22ClF3IN5O. The Hall–Kier alpha value is -1.69. The van der Waals surface area contributed by atoms with Crippen molar-refractivity contribution in [2.24, 2.45) is 12.0 Å². The highest BCUT2D eigenvalue weighted by Gasteiger charge is 2.36. The zero-order valence-electron chi connectivity index (χ0n) is 15.5. The van der Waals surface area contributed by atoms with E-state index in [9.17, 15) is 13.2 Å². The molecule has 0 aliphatic heterocycles. The molecule has 11 heteroatoms. The number of hydrogen-bond acceptors (Lipinski definition) is 3. The second kappa shape index (κ2) is 10.7. The first-order chi connectivity index (χ1) is 12.7. The smallest absolute Gasteiger partial charge is 0.435 e. The largest absolute Gasteiger partial charge is 0.489 e. The van der Waals surface area contributed by atoms with Crippen LogP contribution in [0.4, 0.5) is 13.2 Å². The summed E-state index contributed by atoms with van der Waals surface area (Å²) in [6, 6.07) is 6.97. The molecule has 1 heterocycles. The van der Waals surface area contributed by atoms with Crippen LogP contribution in [0.5, 0.6) is 5.75 Å². The van der Waals surface area contributed by atoms with Gasteiger partial charge in [0.05, 0.1) is 6.54 Å². The Labute approximate surface area is 183 Å². The van der Waals surface area contributed by atoms with E-state index in [0.717, 1.165) is 4.68 Å². The van der Waals surface area contributed by atoms with Crippen LogP contribution in [-0.2, 0) is 19.8 Å². The van der Waals surface area contributed by atoms with Crippen molar-refractivity contribution in [3.63, 3.8) is 0 Å². The van der Waals surface area contributed by atoms with Crippen LogP contribution in [0.15, 0.2) is 35.5 Å². The zero-order chi connectivity index (χ0) is 20.0. The van der Waals surface area contributed by atoms with Gasteiger partial charge < -0.3 is 15.4 Å². The van der Waals surface area contributed by atoms with E-state index in [1.165, 1.54) is 20.3 Å².